The van der Waals surface area contributed by atoms with Crippen LogP contribution in [-0.4, -0.2) is 34.8 Å². The van der Waals surface area contributed by atoms with Gasteiger partial charge in [-0.3, -0.25) is 14.4 Å². The van der Waals surface area contributed by atoms with Crippen LogP contribution in [-0.2, 0) is 33.6 Å². The maximum Gasteiger partial charge on any atom is 0.326 e. The monoisotopic (exact) mass is 481 g/mol. The number of hydrogen-bond acceptors (Lipinski definition) is 5. The average Bonchev–Trinajstić information content (AvgIpc) is 3.30. The van der Waals surface area contributed by atoms with Crippen LogP contribution in [0.1, 0.15) is 32.6 Å². The molecule has 36 heavy (non-hydrogen) atoms. The van der Waals surface area contributed by atoms with Crippen LogP contribution in [0.15, 0.2) is 72.3 Å². The number of fused-ring (bicyclic) bond motifs is 2. The number of benzene rings is 3. The number of nitrogens with two attached hydrogens (primary N) is 1. The van der Waals surface area contributed by atoms with E-state index in [2.05, 4.69) is 5.32 Å². The van der Waals surface area contributed by atoms with Crippen molar-refractivity contribution in [3.8, 4) is 0 Å². The number of aliphatic carboxylic acids is 1. The first kappa shape index (κ1) is 23.0. The number of carbonyl (C=O) groups is 4. The summed E-state index contributed by atoms with van der Waals surface area (Å²) in [5.74, 6) is -2.38. The van der Waals surface area contributed by atoms with Crippen molar-refractivity contribution in [1.29, 1.82) is 0 Å². The van der Waals surface area contributed by atoms with Crippen LogP contribution in [0.2, 0.25) is 0 Å². The number of carbonyl (C=O) groups excluding carboxylic acids is 3. The zero-order valence-electron chi connectivity index (χ0n) is 19.2. The highest BCUT2D eigenvalue weighted by molar-refractivity contribution is 6.24. The Morgan fingerprint density at radius 2 is 1.72 bits per heavy atom. The molecule has 0 saturated heterocycles. The van der Waals surface area contributed by atoms with E-state index in [1.54, 1.807) is 48.5 Å². The third-order valence-electron chi connectivity index (χ3n) is 6.45. The summed E-state index contributed by atoms with van der Waals surface area (Å²) in [7, 11) is 0. The van der Waals surface area contributed by atoms with E-state index in [0.29, 0.717) is 40.1 Å². The van der Waals surface area contributed by atoms with Crippen molar-refractivity contribution in [2.24, 2.45) is 0 Å². The molecule has 8 heteroatoms. The van der Waals surface area contributed by atoms with Crippen molar-refractivity contribution in [2.45, 2.75) is 25.3 Å². The zero-order chi connectivity index (χ0) is 25.4. The second-order valence-electron chi connectivity index (χ2n) is 8.91. The van der Waals surface area contributed by atoms with Gasteiger partial charge in [0.15, 0.2) is 0 Å². The zero-order valence-corrected chi connectivity index (χ0v) is 19.2. The van der Waals surface area contributed by atoms with E-state index >= 15 is 0 Å². The van der Waals surface area contributed by atoms with Crippen LogP contribution in [0.3, 0.4) is 0 Å². The van der Waals surface area contributed by atoms with E-state index < -0.39 is 23.8 Å². The van der Waals surface area contributed by atoms with Gasteiger partial charge in [0.25, 0.3) is 5.91 Å². The number of nitrogen functional groups attached to an aromatic ring is 1. The second-order valence-corrected chi connectivity index (χ2v) is 8.91. The fourth-order valence-electron chi connectivity index (χ4n) is 4.58. The highest BCUT2D eigenvalue weighted by Crippen LogP contribution is 2.28. The van der Waals surface area contributed by atoms with Gasteiger partial charge in [-0.1, -0.05) is 42.5 Å². The molecule has 3 amide bonds. The van der Waals surface area contributed by atoms with Gasteiger partial charge in [0, 0.05) is 29.7 Å². The quantitative estimate of drug-likeness (QED) is 0.367. The van der Waals surface area contributed by atoms with Crippen LogP contribution in [0.4, 0.5) is 11.4 Å². The second kappa shape index (κ2) is 9.14. The Balaban J connectivity index is 1.29. The van der Waals surface area contributed by atoms with E-state index in [0.717, 1.165) is 16.0 Å². The highest BCUT2D eigenvalue weighted by atomic mass is 16.4. The van der Waals surface area contributed by atoms with Crippen molar-refractivity contribution in [1.82, 2.24) is 5.32 Å². The summed E-state index contributed by atoms with van der Waals surface area (Å²) in [5.41, 5.74) is 10.8. The molecule has 0 saturated carbocycles. The molecule has 0 radical (unpaired) electrons. The lowest BCUT2D eigenvalue weighted by Crippen LogP contribution is -2.43. The Labute approximate surface area is 207 Å². The molecule has 2 aliphatic rings. The normalized spacial score (nSPS) is 15.1. The van der Waals surface area contributed by atoms with Gasteiger partial charge in [-0.2, -0.15) is 0 Å². The van der Waals surface area contributed by atoms with E-state index in [1.165, 1.54) is 0 Å². The van der Waals surface area contributed by atoms with Crippen molar-refractivity contribution in [2.75, 3.05) is 10.6 Å². The maximum atomic E-state index is 13.0. The molecule has 5 rings (SSSR count). The molecule has 180 valence electrons. The third-order valence-corrected chi connectivity index (χ3v) is 6.45. The Kier molecular flexibility index (Phi) is 5.85. The van der Waals surface area contributed by atoms with E-state index in [1.807, 2.05) is 24.3 Å². The van der Waals surface area contributed by atoms with Gasteiger partial charge in [-0.15, -0.1) is 0 Å². The first-order valence-corrected chi connectivity index (χ1v) is 11.5. The van der Waals surface area contributed by atoms with Gasteiger partial charge in [-0.05, 0) is 52.6 Å². The van der Waals surface area contributed by atoms with Gasteiger partial charge in [0.05, 0.1) is 12.1 Å². The van der Waals surface area contributed by atoms with Crippen molar-refractivity contribution >= 4 is 41.1 Å². The van der Waals surface area contributed by atoms with Crippen LogP contribution in [0, 0.1) is 0 Å². The van der Waals surface area contributed by atoms with Crippen molar-refractivity contribution in [3.05, 3.63) is 100 Å². The first-order chi connectivity index (χ1) is 17.3. The molecule has 0 aromatic heterocycles. The number of hydrogen-bond donors (Lipinski definition) is 3. The molecule has 3 aromatic carbocycles. The minimum absolute atomic E-state index is 0.0445. The number of carboxylic acids is 1. The Bertz CT molecular complexity index is 1440. The van der Waals surface area contributed by atoms with E-state index in [9.17, 15) is 24.3 Å². The Morgan fingerprint density at radius 1 is 0.972 bits per heavy atom. The number of rotatable bonds is 6. The SMILES string of the molecule is Nc1ccc2c(c1)C(=O)N(c1ccc(CC(NC(=O)C3=Cc4ccccc4C3)C(=O)O)cc1)C(=O)C2. The fraction of sp³-hybridized carbons (Fsp3) is 0.143. The third kappa shape index (κ3) is 4.36. The molecule has 3 aromatic rings. The number of amides is 3. The summed E-state index contributed by atoms with van der Waals surface area (Å²) in [6.45, 7) is 0. The van der Waals surface area contributed by atoms with Gasteiger partial charge in [0.1, 0.15) is 6.04 Å². The van der Waals surface area contributed by atoms with Crippen molar-refractivity contribution in [3.63, 3.8) is 0 Å². The minimum Gasteiger partial charge on any atom is -0.480 e. The van der Waals surface area contributed by atoms with Crippen LogP contribution >= 0.6 is 0 Å². The number of imide groups is 1. The van der Waals surface area contributed by atoms with Crippen LogP contribution in [0.5, 0.6) is 0 Å². The lowest BCUT2D eigenvalue weighted by Gasteiger charge is -2.27. The molecule has 4 N–H and O–H groups in total. The Hall–Kier alpha value is -4.72. The van der Waals surface area contributed by atoms with Crippen LogP contribution < -0.4 is 16.0 Å². The predicted octanol–water partition coefficient (Wildman–Crippen LogP) is 2.75. The Morgan fingerprint density at radius 3 is 2.44 bits per heavy atom. The topological polar surface area (TPSA) is 130 Å². The van der Waals surface area contributed by atoms with E-state index in [4.69, 9.17) is 5.73 Å². The molecule has 1 aliphatic carbocycles. The van der Waals surface area contributed by atoms with Gasteiger partial charge in [-0.25, -0.2) is 9.69 Å². The van der Waals surface area contributed by atoms with Crippen molar-refractivity contribution < 1.29 is 24.3 Å². The molecule has 1 heterocycles. The summed E-state index contributed by atoms with van der Waals surface area (Å²) in [6, 6.07) is 17.9. The summed E-state index contributed by atoms with van der Waals surface area (Å²) < 4.78 is 0. The van der Waals surface area contributed by atoms with Gasteiger partial charge < -0.3 is 16.2 Å². The lowest BCUT2D eigenvalue weighted by molar-refractivity contribution is -0.141. The lowest BCUT2D eigenvalue weighted by atomic mass is 9.97. The van der Waals surface area contributed by atoms with Gasteiger partial charge >= 0.3 is 5.97 Å². The number of nitrogens with zero attached hydrogens (tertiary/aromatic N) is 1. The molecule has 0 spiro atoms. The number of carboxylic acid groups (broad SMARTS) is 1. The molecule has 1 aliphatic heterocycles. The molecule has 0 fully saturated rings. The molecule has 8 nitrogen and oxygen atoms in total. The number of anilines is 2. The smallest absolute Gasteiger partial charge is 0.326 e. The van der Waals surface area contributed by atoms with Gasteiger partial charge in [0.2, 0.25) is 11.8 Å². The first-order valence-electron chi connectivity index (χ1n) is 11.5. The number of nitrogens with one attached hydrogen (secondary N) is 1. The summed E-state index contributed by atoms with van der Waals surface area (Å²) in [6.07, 6.45) is 2.35. The maximum absolute atomic E-state index is 13.0. The standard InChI is InChI=1S/C28H23N3O5/c29-21-8-7-19-14-25(32)31(27(34)23(19)15-21)22-9-5-16(6-10-22)11-24(28(35)36)30-26(33)20-12-17-3-1-2-4-18(17)13-20/h1-10,12,15,24H,11,13-14,29H2,(H,30,33)(H,35,36). The molecular formula is C28H23N3O5. The molecular weight excluding hydrogens is 458 g/mol. The average molecular weight is 482 g/mol. The molecule has 0 bridgehead atoms. The summed E-state index contributed by atoms with van der Waals surface area (Å²) in [4.78, 5) is 51.4. The highest BCUT2D eigenvalue weighted by Gasteiger charge is 2.32. The van der Waals surface area contributed by atoms with E-state index in [-0.39, 0.29) is 18.7 Å². The predicted molar refractivity (Wildman–Crippen MR) is 134 cm³/mol. The molecule has 1 unspecified atom stereocenters. The summed E-state index contributed by atoms with van der Waals surface area (Å²) in [5, 5.41) is 12.3. The minimum atomic E-state index is -1.15. The molecule has 1 atom stereocenters. The fourth-order valence-corrected chi connectivity index (χ4v) is 4.58. The summed E-state index contributed by atoms with van der Waals surface area (Å²) >= 11 is 0. The largest absolute Gasteiger partial charge is 0.480 e. The van der Waals surface area contributed by atoms with Crippen LogP contribution in [0.25, 0.3) is 6.08 Å².